The third-order valence-corrected chi connectivity index (χ3v) is 2.26. The predicted octanol–water partition coefficient (Wildman–Crippen LogP) is 0.590. The molecule has 1 rings (SSSR count). The van der Waals surface area contributed by atoms with Crippen LogP contribution >= 0.6 is 0 Å². The summed E-state index contributed by atoms with van der Waals surface area (Å²) in [6.45, 7) is 0. The third-order valence-electron chi connectivity index (χ3n) is 2.26. The Kier molecular flexibility index (Phi) is 4.17. The number of carboxylic acids is 1. The highest BCUT2D eigenvalue weighted by atomic mass is 19.1. The van der Waals surface area contributed by atoms with Gasteiger partial charge in [0.25, 0.3) is 0 Å². The Morgan fingerprint density at radius 3 is 2.59 bits per heavy atom. The first-order valence-corrected chi connectivity index (χ1v) is 4.93. The number of anilines is 1. The van der Waals surface area contributed by atoms with Crippen molar-refractivity contribution in [3.8, 4) is 0 Å². The molecule has 0 aliphatic rings. The topological polar surface area (TPSA) is 83.6 Å². The number of nitrogens with zero attached hydrogens (tertiary/aromatic N) is 1. The molecule has 0 aliphatic heterocycles. The van der Waals surface area contributed by atoms with Crippen molar-refractivity contribution in [2.24, 2.45) is 5.73 Å². The molecule has 5 nitrogen and oxygen atoms in total. The molecular weight excluding hydrogens is 227 g/mol. The smallest absolute Gasteiger partial charge is 0.305 e. The predicted molar refractivity (Wildman–Crippen MR) is 60.0 cm³/mol. The average Bonchev–Trinajstić information content (AvgIpc) is 2.27. The molecule has 0 bridgehead atoms. The van der Waals surface area contributed by atoms with Gasteiger partial charge in [-0.15, -0.1) is 0 Å². The number of rotatable bonds is 4. The maximum absolute atomic E-state index is 13.4. The molecule has 0 saturated heterocycles. The summed E-state index contributed by atoms with van der Waals surface area (Å²) in [4.78, 5) is 23.1. The molecule has 1 aromatic carbocycles. The largest absolute Gasteiger partial charge is 0.481 e. The molecule has 6 heteroatoms. The lowest BCUT2D eigenvalue weighted by Crippen LogP contribution is -2.43. The second-order valence-electron chi connectivity index (χ2n) is 3.55. The Morgan fingerprint density at radius 1 is 1.47 bits per heavy atom. The summed E-state index contributed by atoms with van der Waals surface area (Å²) in [6, 6.07) is 4.51. The Hall–Kier alpha value is -1.95. The molecule has 1 aromatic rings. The van der Waals surface area contributed by atoms with E-state index in [1.807, 2.05) is 0 Å². The van der Waals surface area contributed by atoms with Gasteiger partial charge in [0.05, 0.1) is 18.2 Å². The summed E-state index contributed by atoms with van der Waals surface area (Å²) >= 11 is 0. The van der Waals surface area contributed by atoms with Gasteiger partial charge in [0.2, 0.25) is 5.91 Å². The molecular formula is C11H13FN2O3. The highest BCUT2D eigenvalue weighted by Gasteiger charge is 2.23. The van der Waals surface area contributed by atoms with Crippen LogP contribution in [-0.2, 0) is 9.59 Å². The SMILES string of the molecule is CN(C(=O)C(N)CC(=O)O)c1ccccc1F. The van der Waals surface area contributed by atoms with Crippen LogP contribution in [0.2, 0.25) is 0 Å². The minimum Gasteiger partial charge on any atom is -0.481 e. The lowest BCUT2D eigenvalue weighted by molar-refractivity contribution is -0.139. The second-order valence-corrected chi connectivity index (χ2v) is 3.55. The van der Waals surface area contributed by atoms with Gasteiger partial charge in [-0.05, 0) is 12.1 Å². The molecule has 17 heavy (non-hydrogen) atoms. The summed E-state index contributed by atoms with van der Waals surface area (Å²) in [5.74, 6) is -2.38. The maximum Gasteiger partial charge on any atom is 0.305 e. The van der Waals surface area contributed by atoms with Crippen molar-refractivity contribution in [3.63, 3.8) is 0 Å². The number of hydrogen-bond donors (Lipinski definition) is 2. The van der Waals surface area contributed by atoms with Crippen LogP contribution in [0, 0.1) is 5.82 Å². The van der Waals surface area contributed by atoms with Crippen LogP contribution in [0.5, 0.6) is 0 Å². The normalized spacial score (nSPS) is 11.9. The number of para-hydroxylation sites is 1. The quantitative estimate of drug-likeness (QED) is 0.806. The van der Waals surface area contributed by atoms with Crippen LogP contribution < -0.4 is 10.6 Å². The number of amides is 1. The van der Waals surface area contributed by atoms with Crippen LogP contribution in [0.15, 0.2) is 24.3 Å². The summed E-state index contributed by atoms with van der Waals surface area (Å²) < 4.78 is 13.4. The number of benzene rings is 1. The molecule has 1 atom stereocenters. The van der Waals surface area contributed by atoms with E-state index in [1.54, 1.807) is 6.07 Å². The molecule has 0 radical (unpaired) electrons. The molecule has 0 fully saturated rings. The zero-order valence-electron chi connectivity index (χ0n) is 9.26. The molecule has 1 unspecified atom stereocenters. The number of carboxylic acid groups (broad SMARTS) is 1. The number of carbonyl (C=O) groups excluding carboxylic acids is 1. The van der Waals surface area contributed by atoms with E-state index in [1.165, 1.54) is 25.2 Å². The van der Waals surface area contributed by atoms with Gasteiger partial charge in [-0.3, -0.25) is 9.59 Å². The van der Waals surface area contributed by atoms with E-state index in [0.717, 1.165) is 4.90 Å². The van der Waals surface area contributed by atoms with E-state index in [-0.39, 0.29) is 5.69 Å². The number of hydrogen-bond acceptors (Lipinski definition) is 3. The Morgan fingerprint density at radius 2 is 2.06 bits per heavy atom. The Bertz CT molecular complexity index is 436. The van der Waals surface area contributed by atoms with Gasteiger partial charge in [-0.25, -0.2) is 4.39 Å². The summed E-state index contributed by atoms with van der Waals surface area (Å²) in [5.41, 5.74) is 5.48. The fourth-order valence-corrected chi connectivity index (χ4v) is 1.37. The van der Waals surface area contributed by atoms with Crippen molar-refractivity contribution in [1.82, 2.24) is 0 Å². The van der Waals surface area contributed by atoms with Gasteiger partial charge in [-0.2, -0.15) is 0 Å². The van der Waals surface area contributed by atoms with Crippen LogP contribution in [0.4, 0.5) is 10.1 Å². The zero-order valence-corrected chi connectivity index (χ0v) is 9.26. The fourth-order valence-electron chi connectivity index (χ4n) is 1.37. The van der Waals surface area contributed by atoms with Gasteiger partial charge in [0.15, 0.2) is 0 Å². The van der Waals surface area contributed by atoms with E-state index in [2.05, 4.69) is 0 Å². The van der Waals surface area contributed by atoms with Crippen molar-refractivity contribution >= 4 is 17.6 Å². The van der Waals surface area contributed by atoms with Gasteiger partial charge in [0.1, 0.15) is 5.82 Å². The lowest BCUT2D eigenvalue weighted by atomic mass is 10.2. The summed E-state index contributed by atoms with van der Waals surface area (Å²) in [5, 5.41) is 8.51. The fraction of sp³-hybridized carbons (Fsp3) is 0.273. The molecule has 92 valence electrons. The summed E-state index contributed by atoms with van der Waals surface area (Å²) in [6.07, 6.45) is -0.488. The number of halogens is 1. The summed E-state index contributed by atoms with van der Waals surface area (Å²) in [7, 11) is 1.35. The van der Waals surface area contributed by atoms with E-state index < -0.39 is 30.2 Å². The highest BCUT2D eigenvalue weighted by molar-refractivity contribution is 5.98. The molecule has 1 amide bonds. The van der Waals surface area contributed by atoms with Gasteiger partial charge >= 0.3 is 5.97 Å². The monoisotopic (exact) mass is 240 g/mol. The maximum atomic E-state index is 13.4. The van der Waals surface area contributed by atoms with Gasteiger partial charge < -0.3 is 15.7 Å². The zero-order chi connectivity index (χ0) is 13.0. The van der Waals surface area contributed by atoms with Crippen molar-refractivity contribution in [1.29, 1.82) is 0 Å². The van der Waals surface area contributed by atoms with Crippen molar-refractivity contribution in [2.45, 2.75) is 12.5 Å². The second kappa shape index (κ2) is 5.40. The molecule has 3 N–H and O–H groups in total. The van der Waals surface area contributed by atoms with Crippen LogP contribution in [0.25, 0.3) is 0 Å². The Balaban J connectivity index is 2.83. The number of likely N-dealkylation sites (N-methyl/N-ethyl adjacent to an activating group) is 1. The number of carbonyl (C=O) groups is 2. The van der Waals surface area contributed by atoms with E-state index in [9.17, 15) is 14.0 Å². The van der Waals surface area contributed by atoms with Crippen LogP contribution in [0.3, 0.4) is 0 Å². The standard InChI is InChI=1S/C11H13FN2O3/c1-14(9-5-3-2-4-7(9)12)11(17)8(13)6-10(15)16/h2-5,8H,6,13H2,1H3,(H,15,16). The minimum absolute atomic E-state index is 0.0679. The highest BCUT2D eigenvalue weighted by Crippen LogP contribution is 2.17. The first-order valence-electron chi connectivity index (χ1n) is 4.93. The lowest BCUT2D eigenvalue weighted by Gasteiger charge is -2.20. The molecule has 0 aliphatic carbocycles. The van der Waals surface area contributed by atoms with Crippen molar-refractivity contribution < 1.29 is 19.1 Å². The van der Waals surface area contributed by atoms with E-state index >= 15 is 0 Å². The van der Waals surface area contributed by atoms with E-state index in [4.69, 9.17) is 10.8 Å². The van der Waals surface area contributed by atoms with Crippen molar-refractivity contribution in [3.05, 3.63) is 30.1 Å². The van der Waals surface area contributed by atoms with Gasteiger partial charge in [-0.1, -0.05) is 12.1 Å². The van der Waals surface area contributed by atoms with Crippen LogP contribution in [-0.4, -0.2) is 30.1 Å². The first kappa shape index (κ1) is 13.1. The number of aliphatic carboxylic acids is 1. The number of nitrogens with two attached hydrogens (primary N) is 1. The van der Waals surface area contributed by atoms with Gasteiger partial charge in [0, 0.05) is 7.05 Å². The molecule has 0 aromatic heterocycles. The minimum atomic E-state index is -1.18. The third kappa shape index (κ3) is 3.25. The molecule has 0 spiro atoms. The van der Waals surface area contributed by atoms with Crippen LogP contribution in [0.1, 0.15) is 6.42 Å². The van der Waals surface area contributed by atoms with Crippen molar-refractivity contribution in [2.75, 3.05) is 11.9 Å². The Labute approximate surface area is 97.6 Å². The average molecular weight is 240 g/mol. The van der Waals surface area contributed by atoms with E-state index in [0.29, 0.717) is 0 Å². The first-order chi connectivity index (χ1) is 7.93. The molecule has 0 saturated carbocycles. The molecule has 0 heterocycles.